The smallest absolute Gasteiger partial charge is 0.457 e. The molecular weight excluding hydrogens is 709 g/mol. The summed E-state index contributed by atoms with van der Waals surface area (Å²) in [7, 11) is 1.65. The van der Waals surface area contributed by atoms with Crippen LogP contribution in [0, 0.1) is 0 Å². The van der Waals surface area contributed by atoms with Crippen molar-refractivity contribution in [1.29, 1.82) is 0 Å². The van der Waals surface area contributed by atoms with E-state index in [1.165, 1.54) is 128 Å². The van der Waals surface area contributed by atoms with Crippen LogP contribution in [0.3, 0.4) is 0 Å². The van der Waals surface area contributed by atoms with Gasteiger partial charge in [0.2, 0.25) is 0 Å². The van der Waals surface area contributed by atoms with Crippen LogP contribution < -0.4 is 0 Å². The van der Waals surface area contributed by atoms with E-state index in [4.69, 9.17) is 18.5 Å². The molecule has 0 aromatic rings. The number of carbonyl (C=O) groups excluding carboxylic acids is 1. The fourth-order valence-electron chi connectivity index (χ4n) is 6.15. The zero-order chi connectivity index (χ0) is 40.6. The molecule has 0 aliphatic carbocycles. The lowest BCUT2D eigenvalue weighted by atomic mass is 10.0. The Balaban J connectivity index is 4.25. The van der Waals surface area contributed by atoms with E-state index in [9.17, 15) is 14.3 Å². The molecule has 2 atom stereocenters. The lowest BCUT2D eigenvalue weighted by Gasteiger charge is -2.24. The van der Waals surface area contributed by atoms with Crippen molar-refractivity contribution in [3.63, 3.8) is 0 Å². The summed E-state index contributed by atoms with van der Waals surface area (Å²) in [6.07, 6.45) is 46.1. The first-order valence-corrected chi connectivity index (χ1v) is 24.2. The number of hydrogen-bond donors (Lipinski definition) is 1. The molecule has 0 heterocycles. The van der Waals surface area contributed by atoms with Gasteiger partial charge in [0.1, 0.15) is 19.3 Å². The third-order valence-corrected chi connectivity index (χ3v) is 10.7. The number of allylic oxidation sites excluding steroid dienone is 6. The molecule has 0 spiro atoms. The Morgan fingerprint density at radius 1 is 0.564 bits per heavy atom. The average molecular weight is 799 g/mol. The Morgan fingerprint density at radius 3 is 1.49 bits per heavy atom. The van der Waals surface area contributed by atoms with Crippen LogP contribution in [0.5, 0.6) is 0 Å². The Bertz CT molecular complexity index is 978. The van der Waals surface area contributed by atoms with Crippen molar-refractivity contribution < 1.29 is 37.3 Å². The third kappa shape index (κ3) is 43.7. The fourth-order valence-corrected chi connectivity index (χ4v) is 6.89. The van der Waals surface area contributed by atoms with Crippen molar-refractivity contribution in [2.45, 2.75) is 200 Å². The maximum Gasteiger partial charge on any atom is 0.472 e. The van der Waals surface area contributed by atoms with Gasteiger partial charge in [0.05, 0.1) is 34.4 Å². The highest BCUT2D eigenvalue weighted by Gasteiger charge is 2.26. The molecule has 0 bridgehead atoms. The number of ether oxygens (including phenoxy) is 2. The quantitative estimate of drug-likeness (QED) is 0.0216. The number of hydrogen-bond acceptors (Lipinski definition) is 6. The zero-order valence-electron chi connectivity index (χ0n) is 36.7. The van der Waals surface area contributed by atoms with Gasteiger partial charge in [0.25, 0.3) is 0 Å². The van der Waals surface area contributed by atoms with Crippen molar-refractivity contribution in [2.24, 2.45) is 0 Å². The van der Waals surface area contributed by atoms with Crippen LogP contribution in [-0.2, 0) is 27.9 Å². The SMILES string of the molecule is CCCCC/C=C\C/C=C\C/C=C\CCCCC(=O)O[C@H](COCCCCCCCCCCCCCCCCCCCC)COP(=O)(O)OCC[N+](C)(C)C. The van der Waals surface area contributed by atoms with Crippen LogP contribution in [-0.4, -0.2) is 75.6 Å². The van der Waals surface area contributed by atoms with E-state index in [0.717, 1.165) is 38.5 Å². The second kappa shape index (κ2) is 39.5. The molecule has 0 aliphatic heterocycles. The van der Waals surface area contributed by atoms with Gasteiger partial charge in [-0.05, 0) is 51.4 Å². The lowest BCUT2D eigenvalue weighted by molar-refractivity contribution is -0.870. The summed E-state index contributed by atoms with van der Waals surface area (Å²) in [5.74, 6) is -0.348. The largest absolute Gasteiger partial charge is 0.472 e. The van der Waals surface area contributed by atoms with E-state index in [2.05, 4.69) is 50.3 Å². The van der Waals surface area contributed by atoms with E-state index in [0.29, 0.717) is 24.1 Å². The molecule has 1 unspecified atom stereocenters. The molecule has 0 aromatic carbocycles. The topological polar surface area (TPSA) is 91.3 Å². The number of phosphoric ester groups is 1. The van der Waals surface area contributed by atoms with E-state index in [-0.39, 0.29) is 32.2 Å². The van der Waals surface area contributed by atoms with E-state index >= 15 is 0 Å². The summed E-state index contributed by atoms with van der Waals surface area (Å²) in [6.45, 7) is 5.56. The highest BCUT2D eigenvalue weighted by molar-refractivity contribution is 7.47. The summed E-state index contributed by atoms with van der Waals surface area (Å²) in [4.78, 5) is 22.9. The molecule has 324 valence electrons. The van der Waals surface area contributed by atoms with Crippen LogP contribution >= 0.6 is 7.82 Å². The Kier molecular flexibility index (Phi) is 38.6. The Hall–Kier alpha value is -1.28. The second-order valence-corrected chi connectivity index (χ2v) is 17.9. The number of esters is 1. The third-order valence-electron chi connectivity index (χ3n) is 9.70. The molecule has 8 nitrogen and oxygen atoms in total. The summed E-state index contributed by atoms with van der Waals surface area (Å²) >= 11 is 0. The molecule has 0 fully saturated rings. The van der Waals surface area contributed by atoms with Crippen LogP contribution in [0.4, 0.5) is 0 Å². The number of rotatable bonds is 42. The predicted octanol–water partition coefficient (Wildman–Crippen LogP) is 13.4. The molecule has 0 aliphatic rings. The Morgan fingerprint density at radius 2 is 1.00 bits per heavy atom. The van der Waals surface area contributed by atoms with E-state index in [1.54, 1.807) is 0 Å². The summed E-state index contributed by atoms with van der Waals surface area (Å²) in [5.41, 5.74) is 0. The molecule has 0 saturated carbocycles. The first kappa shape index (κ1) is 53.7. The van der Waals surface area contributed by atoms with Crippen molar-refractivity contribution >= 4 is 13.8 Å². The zero-order valence-corrected chi connectivity index (χ0v) is 37.6. The standard InChI is InChI=1S/C46H88NO7P/c1-6-8-10-12-14-16-18-20-22-23-24-26-28-30-32-34-36-38-41-51-43-45(44-53-55(49,50)52-42-40-47(3,4)5)54-46(48)39-37-35-33-31-29-27-25-21-19-17-15-13-11-9-7-2/h15,17,21,25,29,31,45H,6-14,16,18-20,22-24,26-28,30,32-44H2,1-5H3/p+1/b17-15-,25-21-,31-29-/t45-/m1/s1. The Labute approximate surface area is 340 Å². The van der Waals surface area contributed by atoms with Crippen LogP contribution in [0.1, 0.15) is 194 Å². The highest BCUT2D eigenvalue weighted by Crippen LogP contribution is 2.43. The maximum absolute atomic E-state index is 12.7. The molecule has 0 rings (SSSR count). The summed E-state index contributed by atoms with van der Waals surface area (Å²) in [5, 5.41) is 0. The van der Waals surface area contributed by atoms with Gasteiger partial charge in [-0.2, -0.15) is 0 Å². The van der Waals surface area contributed by atoms with Gasteiger partial charge < -0.3 is 18.9 Å². The number of phosphoric acid groups is 1. The van der Waals surface area contributed by atoms with Gasteiger partial charge in [0, 0.05) is 13.0 Å². The van der Waals surface area contributed by atoms with Crippen molar-refractivity contribution in [1.82, 2.24) is 0 Å². The number of likely N-dealkylation sites (N-methyl/N-ethyl adjacent to an activating group) is 1. The number of nitrogens with zero attached hydrogens (tertiary/aromatic N) is 1. The van der Waals surface area contributed by atoms with E-state index in [1.807, 2.05) is 21.1 Å². The number of carbonyl (C=O) groups is 1. The summed E-state index contributed by atoms with van der Waals surface area (Å²) < 4.78 is 35.0. The fraction of sp³-hybridized carbons (Fsp3) is 0.848. The van der Waals surface area contributed by atoms with Crippen molar-refractivity contribution in [2.75, 3.05) is 54.1 Å². The maximum atomic E-state index is 12.7. The molecule has 1 N–H and O–H groups in total. The van der Waals surface area contributed by atoms with Crippen LogP contribution in [0.25, 0.3) is 0 Å². The van der Waals surface area contributed by atoms with Gasteiger partial charge in [-0.1, -0.05) is 172 Å². The molecule has 0 amide bonds. The normalized spacial score (nSPS) is 14.1. The minimum atomic E-state index is -4.28. The number of unbranched alkanes of at least 4 members (excludes halogenated alkanes) is 22. The van der Waals surface area contributed by atoms with Gasteiger partial charge in [-0.15, -0.1) is 0 Å². The summed E-state index contributed by atoms with van der Waals surface area (Å²) in [6, 6.07) is 0. The van der Waals surface area contributed by atoms with Crippen LogP contribution in [0.15, 0.2) is 36.5 Å². The molecular formula is C46H89NO7P+. The first-order valence-electron chi connectivity index (χ1n) is 22.7. The lowest BCUT2D eigenvalue weighted by Crippen LogP contribution is -2.37. The molecule has 55 heavy (non-hydrogen) atoms. The van der Waals surface area contributed by atoms with E-state index < -0.39 is 13.9 Å². The van der Waals surface area contributed by atoms with Gasteiger partial charge >= 0.3 is 13.8 Å². The van der Waals surface area contributed by atoms with Crippen molar-refractivity contribution in [3.05, 3.63) is 36.5 Å². The first-order chi connectivity index (χ1) is 26.6. The molecule has 0 radical (unpaired) electrons. The van der Waals surface area contributed by atoms with Gasteiger partial charge in [0.15, 0.2) is 0 Å². The monoisotopic (exact) mass is 799 g/mol. The van der Waals surface area contributed by atoms with Crippen LogP contribution in [0.2, 0.25) is 0 Å². The molecule has 0 saturated heterocycles. The van der Waals surface area contributed by atoms with Crippen molar-refractivity contribution in [3.8, 4) is 0 Å². The second-order valence-electron chi connectivity index (χ2n) is 16.4. The number of quaternary nitrogens is 1. The predicted molar refractivity (Wildman–Crippen MR) is 233 cm³/mol. The molecule has 9 heteroatoms. The highest BCUT2D eigenvalue weighted by atomic mass is 31.2. The minimum absolute atomic E-state index is 0.0822. The minimum Gasteiger partial charge on any atom is -0.457 e. The average Bonchev–Trinajstić information content (AvgIpc) is 3.13. The molecule has 0 aromatic heterocycles. The van der Waals surface area contributed by atoms with Gasteiger partial charge in [-0.3, -0.25) is 13.8 Å². The van der Waals surface area contributed by atoms with Gasteiger partial charge in [-0.25, -0.2) is 4.57 Å².